The summed E-state index contributed by atoms with van der Waals surface area (Å²) < 4.78 is 1.80. The molecule has 3 N–H and O–H groups in total. The molecule has 3 heterocycles. The zero-order chi connectivity index (χ0) is 18.6. The van der Waals surface area contributed by atoms with Gasteiger partial charge in [-0.25, -0.2) is 4.68 Å². The maximum absolute atomic E-state index is 11.9. The summed E-state index contributed by atoms with van der Waals surface area (Å²) in [5.74, 6) is -0.305. The van der Waals surface area contributed by atoms with Gasteiger partial charge >= 0.3 is 0 Å². The zero-order valence-corrected chi connectivity index (χ0v) is 15.1. The van der Waals surface area contributed by atoms with Gasteiger partial charge in [-0.1, -0.05) is 23.4 Å². The predicted molar refractivity (Wildman–Crippen MR) is 101 cm³/mol. The number of amides is 1. The highest BCUT2D eigenvalue weighted by Crippen LogP contribution is 2.23. The molecule has 27 heavy (non-hydrogen) atoms. The normalized spacial score (nSPS) is 18.0. The van der Waals surface area contributed by atoms with Crippen LogP contribution < -0.4 is 5.32 Å². The number of hydrogen-bond donors (Lipinski definition) is 3. The van der Waals surface area contributed by atoms with Crippen molar-refractivity contribution in [2.75, 3.05) is 26.2 Å². The van der Waals surface area contributed by atoms with Gasteiger partial charge in [-0.15, -0.1) is 5.10 Å². The molecule has 0 saturated carbocycles. The average Bonchev–Trinajstić information content (AvgIpc) is 3.33. The second-order valence-electron chi connectivity index (χ2n) is 6.98. The monoisotopic (exact) mass is 368 g/mol. The number of H-pyrrole nitrogens is 1. The lowest BCUT2D eigenvalue weighted by Gasteiger charge is -2.32. The summed E-state index contributed by atoms with van der Waals surface area (Å²) in [5.41, 5.74) is 2.66. The fourth-order valence-electron chi connectivity index (χ4n) is 3.67. The van der Waals surface area contributed by atoms with Gasteiger partial charge in [0.2, 0.25) is 0 Å². The molecule has 8 heteroatoms. The van der Waals surface area contributed by atoms with E-state index in [-0.39, 0.29) is 30.8 Å². The Morgan fingerprint density at radius 2 is 2.26 bits per heavy atom. The van der Waals surface area contributed by atoms with Crippen LogP contribution in [0.15, 0.2) is 36.5 Å². The molecule has 2 aromatic heterocycles. The van der Waals surface area contributed by atoms with E-state index in [9.17, 15) is 4.79 Å². The fourth-order valence-corrected chi connectivity index (χ4v) is 3.67. The zero-order valence-electron chi connectivity index (χ0n) is 15.1. The van der Waals surface area contributed by atoms with E-state index < -0.39 is 0 Å². The van der Waals surface area contributed by atoms with Gasteiger partial charge < -0.3 is 15.4 Å². The average molecular weight is 368 g/mol. The number of aromatic amines is 1. The second kappa shape index (κ2) is 7.89. The van der Waals surface area contributed by atoms with Gasteiger partial charge in [0.15, 0.2) is 5.69 Å². The highest BCUT2D eigenvalue weighted by molar-refractivity contribution is 5.91. The van der Waals surface area contributed by atoms with E-state index in [0.29, 0.717) is 0 Å². The number of nitrogens with one attached hydrogen (secondary N) is 2. The van der Waals surface area contributed by atoms with Crippen molar-refractivity contribution < 1.29 is 9.90 Å². The third-order valence-electron chi connectivity index (χ3n) is 4.97. The molecule has 1 saturated heterocycles. The molecule has 142 valence electrons. The number of aliphatic hydroxyl groups is 1. The topological polar surface area (TPSA) is 99.1 Å². The van der Waals surface area contributed by atoms with E-state index >= 15 is 0 Å². The van der Waals surface area contributed by atoms with Crippen LogP contribution in [0.2, 0.25) is 0 Å². The standard InChI is InChI=1S/C19H24N6O2/c26-9-7-20-19(27)18-13-25(23-22-18)16-5-3-8-24(12-16)11-15-10-14-4-1-2-6-17(14)21-15/h1-2,4,6,10,13,16,21,26H,3,5,7-9,11-12H2,(H,20,27)/t16-/m1/s1. The predicted octanol–water partition coefficient (Wildman–Crippen LogP) is 1.32. The summed E-state index contributed by atoms with van der Waals surface area (Å²) in [7, 11) is 0. The lowest BCUT2D eigenvalue weighted by Crippen LogP contribution is -2.36. The lowest BCUT2D eigenvalue weighted by molar-refractivity contribution is 0.0939. The summed E-state index contributed by atoms with van der Waals surface area (Å²) in [6.07, 6.45) is 3.80. The Morgan fingerprint density at radius 3 is 3.11 bits per heavy atom. The van der Waals surface area contributed by atoms with Crippen LogP contribution in [0, 0.1) is 0 Å². The molecule has 0 bridgehead atoms. The molecule has 8 nitrogen and oxygen atoms in total. The quantitative estimate of drug-likeness (QED) is 0.609. The number of carbonyl (C=O) groups is 1. The maximum atomic E-state index is 11.9. The van der Waals surface area contributed by atoms with Crippen LogP contribution in [-0.2, 0) is 6.54 Å². The van der Waals surface area contributed by atoms with Crippen LogP contribution in [-0.4, -0.2) is 62.1 Å². The molecular formula is C19H24N6O2. The van der Waals surface area contributed by atoms with Crippen molar-refractivity contribution in [1.82, 2.24) is 30.2 Å². The number of aromatic nitrogens is 4. The summed E-state index contributed by atoms with van der Waals surface area (Å²) in [5, 5.41) is 20.8. The molecule has 1 amide bonds. The number of para-hydroxylation sites is 1. The number of likely N-dealkylation sites (tertiary alicyclic amines) is 1. The molecule has 4 rings (SSSR count). The van der Waals surface area contributed by atoms with Crippen LogP contribution in [0.5, 0.6) is 0 Å². The van der Waals surface area contributed by atoms with E-state index in [4.69, 9.17) is 5.11 Å². The number of benzene rings is 1. The minimum absolute atomic E-state index is 0.0920. The minimum Gasteiger partial charge on any atom is -0.395 e. The van der Waals surface area contributed by atoms with Gasteiger partial charge in [0, 0.05) is 30.8 Å². The Balaban J connectivity index is 1.40. The molecule has 1 aliphatic heterocycles. The Bertz CT molecular complexity index is 885. The molecule has 1 atom stereocenters. The SMILES string of the molecule is O=C(NCCO)c1cn([C@@H]2CCCN(Cc3cc4ccccc4[nH]3)C2)nn1. The Kier molecular flexibility index (Phi) is 5.17. The molecule has 0 spiro atoms. The highest BCUT2D eigenvalue weighted by atomic mass is 16.3. The first-order valence-corrected chi connectivity index (χ1v) is 9.33. The number of carbonyl (C=O) groups excluding carboxylic acids is 1. The van der Waals surface area contributed by atoms with E-state index in [0.717, 1.165) is 38.0 Å². The summed E-state index contributed by atoms with van der Waals surface area (Å²) in [6.45, 7) is 2.91. The van der Waals surface area contributed by atoms with Crippen molar-refractivity contribution in [3.8, 4) is 0 Å². The number of fused-ring (bicyclic) bond motifs is 1. The summed E-state index contributed by atoms with van der Waals surface area (Å²) in [6, 6.07) is 10.7. The summed E-state index contributed by atoms with van der Waals surface area (Å²) >= 11 is 0. The van der Waals surface area contributed by atoms with E-state index in [1.807, 2.05) is 6.07 Å². The first kappa shape index (κ1) is 17.7. The molecular weight excluding hydrogens is 344 g/mol. The van der Waals surface area contributed by atoms with Gasteiger partial charge in [0.1, 0.15) is 0 Å². The largest absolute Gasteiger partial charge is 0.395 e. The number of piperidine rings is 1. The number of hydrogen-bond acceptors (Lipinski definition) is 5. The molecule has 0 unspecified atom stereocenters. The Hall–Kier alpha value is -2.71. The number of nitrogens with zero attached hydrogens (tertiary/aromatic N) is 4. The smallest absolute Gasteiger partial charge is 0.273 e. The third kappa shape index (κ3) is 4.01. The molecule has 0 aliphatic carbocycles. The second-order valence-corrected chi connectivity index (χ2v) is 6.98. The number of rotatable bonds is 6. The molecule has 0 radical (unpaired) electrons. The van der Waals surface area contributed by atoms with Crippen molar-refractivity contribution in [1.29, 1.82) is 0 Å². The van der Waals surface area contributed by atoms with Gasteiger partial charge in [-0.05, 0) is 36.9 Å². The molecule has 1 aliphatic rings. The Labute approximate surface area is 157 Å². The van der Waals surface area contributed by atoms with Gasteiger partial charge in [0.25, 0.3) is 5.91 Å². The highest BCUT2D eigenvalue weighted by Gasteiger charge is 2.23. The maximum Gasteiger partial charge on any atom is 0.273 e. The molecule has 1 aromatic carbocycles. The van der Waals surface area contributed by atoms with Crippen molar-refractivity contribution >= 4 is 16.8 Å². The first-order chi connectivity index (χ1) is 13.2. The van der Waals surface area contributed by atoms with Gasteiger partial charge in [-0.2, -0.15) is 0 Å². The number of aliphatic hydroxyl groups excluding tert-OH is 1. The van der Waals surface area contributed by atoms with Crippen molar-refractivity contribution in [2.24, 2.45) is 0 Å². The first-order valence-electron chi connectivity index (χ1n) is 9.33. The van der Waals surface area contributed by atoms with Crippen LogP contribution >= 0.6 is 0 Å². The van der Waals surface area contributed by atoms with Crippen LogP contribution in [0.25, 0.3) is 10.9 Å². The lowest BCUT2D eigenvalue weighted by atomic mass is 10.1. The molecule has 1 fully saturated rings. The summed E-state index contributed by atoms with van der Waals surface area (Å²) in [4.78, 5) is 17.8. The van der Waals surface area contributed by atoms with E-state index in [1.165, 1.54) is 11.1 Å². The van der Waals surface area contributed by atoms with Crippen LogP contribution in [0.4, 0.5) is 0 Å². The van der Waals surface area contributed by atoms with Gasteiger partial charge in [-0.3, -0.25) is 9.69 Å². The van der Waals surface area contributed by atoms with E-state index in [1.54, 1.807) is 10.9 Å². The van der Waals surface area contributed by atoms with Gasteiger partial charge in [0.05, 0.1) is 18.8 Å². The van der Waals surface area contributed by atoms with Crippen LogP contribution in [0.3, 0.4) is 0 Å². The van der Waals surface area contributed by atoms with Crippen molar-refractivity contribution in [2.45, 2.75) is 25.4 Å². The van der Waals surface area contributed by atoms with Crippen molar-refractivity contribution in [3.05, 3.63) is 47.9 Å². The fraction of sp³-hybridized carbons (Fsp3) is 0.421. The molecule has 3 aromatic rings. The van der Waals surface area contributed by atoms with E-state index in [2.05, 4.69) is 49.8 Å². The van der Waals surface area contributed by atoms with Crippen molar-refractivity contribution in [3.63, 3.8) is 0 Å². The Morgan fingerprint density at radius 1 is 1.37 bits per heavy atom. The third-order valence-corrected chi connectivity index (χ3v) is 4.97. The minimum atomic E-state index is -0.305. The van der Waals surface area contributed by atoms with Crippen LogP contribution in [0.1, 0.15) is 35.1 Å².